The summed E-state index contributed by atoms with van der Waals surface area (Å²) in [5.74, 6) is 1.47. The van der Waals surface area contributed by atoms with E-state index in [2.05, 4.69) is 15.2 Å². The molecular weight excluding hydrogens is 386 g/mol. The fourth-order valence-electron chi connectivity index (χ4n) is 3.57. The van der Waals surface area contributed by atoms with E-state index in [0.717, 1.165) is 19.3 Å². The molecular formula is C21H21N5O4. The molecule has 1 fully saturated rings. The van der Waals surface area contributed by atoms with Gasteiger partial charge in [0.15, 0.2) is 12.4 Å². The molecule has 9 heteroatoms. The number of nitrogens with zero attached hydrogens (tertiary/aromatic N) is 4. The molecule has 4 rings (SSSR count). The van der Waals surface area contributed by atoms with Gasteiger partial charge in [-0.05, 0) is 31.4 Å². The fraction of sp³-hybridized carbons (Fsp3) is 0.286. The highest BCUT2D eigenvalue weighted by atomic mass is 16.6. The SMILES string of the molecule is O=C(COc1ccccc1)N1CCCC[C@@H]1c1nc(-c2cccc([N+](=O)[O-])c2)n[nH]1. The first-order valence-corrected chi connectivity index (χ1v) is 9.76. The van der Waals surface area contributed by atoms with Crippen molar-refractivity contribution < 1.29 is 14.5 Å². The highest BCUT2D eigenvalue weighted by Crippen LogP contribution is 2.30. The van der Waals surface area contributed by atoms with Crippen LogP contribution < -0.4 is 4.74 Å². The zero-order valence-corrected chi connectivity index (χ0v) is 16.2. The first kappa shape index (κ1) is 19.6. The number of rotatable bonds is 6. The van der Waals surface area contributed by atoms with Crippen molar-refractivity contribution in [3.8, 4) is 17.1 Å². The van der Waals surface area contributed by atoms with Gasteiger partial charge in [0, 0.05) is 24.2 Å². The molecule has 1 aliphatic heterocycles. The Kier molecular flexibility index (Phi) is 5.69. The molecule has 9 nitrogen and oxygen atoms in total. The number of carbonyl (C=O) groups is 1. The largest absolute Gasteiger partial charge is 0.484 e. The molecule has 0 aliphatic carbocycles. The van der Waals surface area contributed by atoms with Crippen LogP contribution >= 0.6 is 0 Å². The number of ether oxygens (including phenoxy) is 1. The average molecular weight is 407 g/mol. The van der Waals surface area contributed by atoms with E-state index in [1.165, 1.54) is 12.1 Å². The summed E-state index contributed by atoms with van der Waals surface area (Å²) in [4.78, 5) is 29.7. The molecule has 1 N–H and O–H groups in total. The third-order valence-corrected chi connectivity index (χ3v) is 5.06. The number of nitrogens with one attached hydrogen (secondary N) is 1. The van der Waals surface area contributed by atoms with Crippen molar-refractivity contribution in [3.63, 3.8) is 0 Å². The molecule has 2 aromatic carbocycles. The predicted octanol–water partition coefficient (Wildman–Crippen LogP) is 3.51. The molecule has 1 aliphatic rings. The van der Waals surface area contributed by atoms with Gasteiger partial charge < -0.3 is 9.64 Å². The van der Waals surface area contributed by atoms with Gasteiger partial charge in [0.05, 0.1) is 11.0 Å². The molecule has 154 valence electrons. The lowest BCUT2D eigenvalue weighted by molar-refractivity contribution is -0.384. The Morgan fingerprint density at radius 1 is 1.20 bits per heavy atom. The van der Waals surface area contributed by atoms with Crippen molar-refractivity contribution in [1.82, 2.24) is 20.1 Å². The summed E-state index contributed by atoms with van der Waals surface area (Å²) in [7, 11) is 0. The summed E-state index contributed by atoms with van der Waals surface area (Å²) in [6.45, 7) is 0.570. The third kappa shape index (κ3) is 4.29. The van der Waals surface area contributed by atoms with Crippen LogP contribution in [-0.4, -0.2) is 44.1 Å². The molecule has 30 heavy (non-hydrogen) atoms. The number of H-pyrrole nitrogens is 1. The van der Waals surface area contributed by atoms with Crippen LogP contribution in [-0.2, 0) is 4.79 Å². The van der Waals surface area contributed by atoms with Gasteiger partial charge in [0.25, 0.3) is 11.6 Å². The number of hydrogen-bond donors (Lipinski definition) is 1. The van der Waals surface area contributed by atoms with Crippen LogP contribution in [0.1, 0.15) is 31.1 Å². The number of piperidine rings is 1. The number of benzene rings is 2. The second-order valence-corrected chi connectivity index (χ2v) is 7.05. The summed E-state index contributed by atoms with van der Waals surface area (Å²) < 4.78 is 5.61. The van der Waals surface area contributed by atoms with Crippen LogP contribution in [0.25, 0.3) is 11.4 Å². The molecule has 0 unspecified atom stereocenters. The highest BCUT2D eigenvalue weighted by molar-refractivity contribution is 5.78. The number of aromatic amines is 1. The first-order chi connectivity index (χ1) is 14.6. The Labute approximate surface area is 172 Å². The molecule has 1 saturated heterocycles. The number of non-ortho nitro benzene ring substituents is 1. The van der Waals surface area contributed by atoms with E-state index >= 15 is 0 Å². The smallest absolute Gasteiger partial charge is 0.270 e. The average Bonchev–Trinajstić information content (AvgIpc) is 3.28. The van der Waals surface area contributed by atoms with Gasteiger partial charge >= 0.3 is 0 Å². The van der Waals surface area contributed by atoms with Crippen molar-refractivity contribution >= 4 is 11.6 Å². The maximum Gasteiger partial charge on any atom is 0.270 e. The summed E-state index contributed by atoms with van der Waals surface area (Å²) in [6.07, 6.45) is 2.65. The Morgan fingerprint density at radius 3 is 2.83 bits per heavy atom. The van der Waals surface area contributed by atoms with Crippen molar-refractivity contribution in [3.05, 3.63) is 70.5 Å². The topological polar surface area (TPSA) is 114 Å². The fourth-order valence-corrected chi connectivity index (χ4v) is 3.57. The van der Waals surface area contributed by atoms with Crippen LogP contribution in [0.5, 0.6) is 5.75 Å². The molecule has 1 amide bonds. The zero-order chi connectivity index (χ0) is 20.9. The van der Waals surface area contributed by atoms with E-state index in [1.54, 1.807) is 17.0 Å². The molecule has 3 aromatic rings. The minimum Gasteiger partial charge on any atom is -0.484 e. The number of aromatic nitrogens is 3. The highest BCUT2D eigenvalue weighted by Gasteiger charge is 2.30. The van der Waals surface area contributed by atoms with Gasteiger partial charge in [0.1, 0.15) is 11.6 Å². The lowest BCUT2D eigenvalue weighted by Crippen LogP contribution is -2.41. The molecule has 0 saturated carbocycles. The Balaban J connectivity index is 1.50. The van der Waals surface area contributed by atoms with Crippen LogP contribution in [0.3, 0.4) is 0 Å². The van der Waals surface area contributed by atoms with Gasteiger partial charge in [0.2, 0.25) is 0 Å². The predicted molar refractivity (Wildman–Crippen MR) is 109 cm³/mol. The standard InChI is InChI=1S/C21H21N5O4/c27-19(14-30-17-9-2-1-3-10-17)25-12-5-4-11-18(25)21-22-20(23-24-21)15-7-6-8-16(13-15)26(28)29/h1-3,6-10,13,18H,4-5,11-12,14H2,(H,22,23,24)/t18-/m1/s1. The van der Waals surface area contributed by atoms with Gasteiger partial charge in [-0.3, -0.25) is 20.0 Å². The molecule has 2 heterocycles. The van der Waals surface area contributed by atoms with E-state index in [1.807, 2.05) is 30.3 Å². The number of nitro benzene ring substituents is 1. The third-order valence-electron chi connectivity index (χ3n) is 5.06. The Bertz CT molecular complexity index is 1040. The summed E-state index contributed by atoms with van der Waals surface area (Å²) in [5, 5.41) is 18.2. The minimum absolute atomic E-state index is 0.0219. The maximum atomic E-state index is 12.8. The van der Waals surface area contributed by atoms with E-state index in [4.69, 9.17) is 4.74 Å². The second-order valence-electron chi connectivity index (χ2n) is 7.05. The van der Waals surface area contributed by atoms with E-state index in [0.29, 0.717) is 29.5 Å². The van der Waals surface area contributed by atoms with Crippen molar-refractivity contribution in [1.29, 1.82) is 0 Å². The second kappa shape index (κ2) is 8.73. The van der Waals surface area contributed by atoms with Crippen molar-refractivity contribution in [2.75, 3.05) is 13.2 Å². The minimum atomic E-state index is -0.453. The van der Waals surface area contributed by atoms with Crippen molar-refractivity contribution in [2.45, 2.75) is 25.3 Å². The lowest BCUT2D eigenvalue weighted by Gasteiger charge is -2.34. The van der Waals surface area contributed by atoms with Crippen LogP contribution in [0, 0.1) is 10.1 Å². The summed E-state index contributed by atoms with van der Waals surface area (Å²) in [5.41, 5.74) is 0.527. The Hall–Kier alpha value is -3.75. The summed E-state index contributed by atoms with van der Waals surface area (Å²) >= 11 is 0. The van der Waals surface area contributed by atoms with Crippen LogP contribution in [0.4, 0.5) is 5.69 Å². The number of nitro groups is 1. The Morgan fingerprint density at radius 2 is 2.03 bits per heavy atom. The molecule has 1 atom stereocenters. The van der Waals surface area contributed by atoms with Gasteiger partial charge in [-0.2, -0.15) is 5.10 Å². The lowest BCUT2D eigenvalue weighted by atomic mass is 10.0. The number of likely N-dealkylation sites (tertiary alicyclic amines) is 1. The van der Waals surface area contributed by atoms with Crippen molar-refractivity contribution in [2.24, 2.45) is 0 Å². The molecule has 0 radical (unpaired) electrons. The first-order valence-electron chi connectivity index (χ1n) is 9.76. The summed E-state index contributed by atoms with van der Waals surface area (Å²) in [6, 6.07) is 15.2. The van der Waals surface area contributed by atoms with Gasteiger partial charge in [-0.15, -0.1) is 0 Å². The van der Waals surface area contributed by atoms with E-state index in [9.17, 15) is 14.9 Å². The van der Waals surface area contributed by atoms with E-state index < -0.39 is 4.92 Å². The van der Waals surface area contributed by atoms with Gasteiger partial charge in [-0.25, -0.2) is 4.98 Å². The molecule has 1 aromatic heterocycles. The van der Waals surface area contributed by atoms with Gasteiger partial charge in [-0.1, -0.05) is 30.3 Å². The van der Waals surface area contributed by atoms with Crippen LogP contribution in [0.2, 0.25) is 0 Å². The van der Waals surface area contributed by atoms with E-state index in [-0.39, 0.29) is 24.2 Å². The molecule has 0 spiro atoms. The monoisotopic (exact) mass is 407 g/mol. The molecule has 0 bridgehead atoms. The zero-order valence-electron chi connectivity index (χ0n) is 16.2. The normalized spacial score (nSPS) is 16.3. The van der Waals surface area contributed by atoms with Crippen LogP contribution in [0.15, 0.2) is 54.6 Å². The quantitative estimate of drug-likeness (QED) is 0.494. The number of hydrogen-bond acceptors (Lipinski definition) is 6. The number of amides is 1. The maximum absolute atomic E-state index is 12.8. The number of carbonyl (C=O) groups excluding carboxylic acids is 1. The number of para-hydroxylation sites is 1.